The number of ether oxygens (including phenoxy) is 3. The van der Waals surface area contributed by atoms with E-state index >= 15 is 0 Å². The first-order valence-electron chi connectivity index (χ1n) is 14.6. The maximum atomic E-state index is 13.9. The zero-order chi connectivity index (χ0) is 33.1. The average molecular weight is 652 g/mol. The van der Waals surface area contributed by atoms with Crippen molar-refractivity contribution in [1.29, 1.82) is 0 Å². The van der Waals surface area contributed by atoms with Crippen LogP contribution in [0.15, 0.2) is 40.8 Å². The predicted molar refractivity (Wildman–Crippen MR) is 165 cm³/mol. The van der Waals surface area contributed by atoms with E-state index in [1.807, 2.05) is 0 Å². The quantitative estimate of drug-likeness (QED) is 0.101. The van der Waals surface area contributed by atoms with Crippen LogP contribution in [0.4, 0.5) is 0 Å². The number of benzene rings is 2. The molecule has 4 unspecified atom stereocenters. The van der Waals surface area contributed by atoms with Crippen molar-refractivity contribution in [2.24, 2.45) is 10.8 Å². The molecule has 1 aliphatic heterocycles. The van der Waals surface area contributed by atoms with Crippen LogP contribution in [0.2, 0.25) is 0 Å². The Balaban J connectivity index is 1.46. The van der Waals surface area contributed by atoms with Gasteiger partial charge in [-0.3, -0.25) is 14.4 Å². The van der Waals surface area contributed by atoms with E-state index in [2.05, 4.69) is 10.5 Å². The van der Waals surface area contributed by atoms with Crippen LogP contribution in [0.5, 0.6) is 17.2 Å². The van der Waals surface area contributed by atoms with Crippen LogP contribution < -0.4 is 15.9 Å². The van der Waals surface area contributed by atoms with Gasteiger partial charge in [-0.2, -0.15) is 5.10 Å². The molecule has 1 aromatic heterocycles. The number of carbonyl (C=O) groups is 3. The van der Waals surface area contributed by atoms with E-state index in [1.54, 1.807) is 24.4 Å². The molecule has 242 valence electrons. The Morgan fingerprint density at radius 2 is 1.87 bits per heavy atom. The number of methoxy groups -OCH3 is 1. The Bertz CT molecular complexity index is 1760. The summed E-state index contributed by atoms with van der Waals surface area (Å²) in [5.41, 5.74) is 5.74. The van der Waals surface area contributed by atoms with Gasteiger partial charge in [-0.05, 0) is 31.4 Å². The number of thiophene rings is 1. The highest BCUT2D eigenvalue weighted by atomic mass is 32.1. The van der Waals surface area contributed by atoms with Gasteiger partial charge < -0.3 is 40.4 Å². The lowest BCUT2D eigenvalue weighted by Gasteiger charge is -2.42. The second kappa shape index (κ2) is 11.9. The number of rotatable bonds is 6. The van der Waals surface area contributed by atoms with E-state index < -0.39 is 76.3 Å². The minimum Gasteiger partial charge on any atom is -0.507 e. The fourth-order valence-electron chi connectivity index (χ4n) is 6.37. The van der Waals surface area contributed by atoms with E-state index in [-0.39, 0.29) is 53.0 Å². The summed E-state index contributed by atoms with van der Waals surface area (Å²) in [6.07, 6.45) is -4.47. The maximum Gasteiger partial charge on any atom is 0.281 e. The zero-order valence-corrected chi connectivity index (χ0v) is 26.0. The molecule has 7 N–H and O–H groups in total. The van der Waals surface area contributed by atoms with Crippen molar-refractivity contribution in [2.75, 3.05) is 7.11 Å². The number of phenolic OH excluding ortho intramolecular Hbond substituents is 2. The molecule has 3 aliphatic rings. The summed E-state index contributed by atoms with van der Waals surface area (Å²) in [7, 11) is 1.34. The van der Waals surface area contributed by atoms with Crippen LogP contribution in [-0.2, 0) is 15.9 Å². The van der Waals surface area contributed by atoms with Gasteiger partial charge in [0.15, 0.2) is 12.1 Å². The van der Waals surface area contributed by atoms with Gasteiger partial charge in [0.2, 0.25) is 5.78 Å². The number of nitrogens with two attached hydrogens (primary N) is 1. The van der Waals surface area contributed by atoms with Crippen molar-refractivity contribution in [1.82, 2.24) is 5.43 Å². The minimum atomic E-state index is -1.87. The van der Waals surface area contributed by atoms with Crippen molar-refractivity contribution in [3.05, 3.63) is 74.0 Å². The molecule has 2 aromatic carbocycles. The first kappa shape index (κ1) is 31.8. The number of amides is 1. The molecule has 2 heterocycles. The Labute approximate surface area is 267 Å². The van der Waals surface area contributed by atoms with Gasteiger partial charge in [0.1, 0.15) is 22.8 Å². The number of aromatic hydroxyl groups is 2. The molecule has 0 spiro atoms. The Morgan fingerprint density at radius 1 is 1.13 bits per heavy atom. The van der Waals surface area contributed by atoms with Crippen LogP contribution in [0, 0.1) is 0 Å². The Morgan fingerprint density at radius 3 is 2.54 bits per heavy atom. The van der Waals surface area contributed by atoms with Crippen molar-refractivity contribution in [2.45, 2.75) is 69.4 Å². The van der Waals surface area contributed by atoms with Crippen LogP contribution >= 0.6 is 11.3 Å². The number of hydrogen-bond acceptors (Lipinski definition) is 13. The smallest absolute Gasteiger partial charge is 0.281 e. The van der Waals surface area contributed by atoms with Gasteiger partial charge in [-0.25, -0.2) is 5.43 Å². The first-order valence-corrected chi connectivity index (χ1v) is 15.5. The number of aliphatic hydroxyl groups is 2. The number of ketones is 2. The summed E-state index contributed by atoms with van der Waals surface area (Å²) in [6, 6.07) is 7.08. The van der Waals surface area contributed by atoms with Crippen LogP contribution in [-0.4, -0.2) is 80.9 Å². The summed E-state index contributed by atoms with van der Waals surface area (Å²) in [4.78, 5) is 40.6. The molecule has 6 rings (SSSR count). The van der Waals surface area contributed by atoms with E-state index in [0.29, 0.717) is 4.88 Å². The van der Waals surface area contributed by atoms with Crippen molar-refractivity contribution in [3.63, 3.8) is 0 Å². The standard InChI is InChI=1S/C32H33N3O10S/c1-13-26(36)17(33)10-21(44-13)45-19-12-32(42,14(2)34-35-31(41)20-8-5-9-46-20)11-16-23(19)30(40)25-24(28(16)38)27(37)15-6-4-7-18(43-3)22(15)29(25)39/h4-9,13,17,19,21,26,36,38,40,42H,10-12,33H2,1-3H3,(H,35,41)/b34-14+/t13?,17?,19-,21?,26?,32-/m0/s1. The van der Waals surface area contributed by atoms with Crippen molar-refractivity contribution in [3.8, 4) is 17.2 Å². The van der Waals surface area contributed by atoms with Crippen molar-refractivity contribution < 1.29 is 49.0 Å². The van der Waals surface area contributed by atoms with Gasteiger partial charge in [0, 0.05) is 42.0 Å². The van der Waals surface area contributed by atoms with E-state index in [1.165, 1.54) is 43.6 Å². The molecule has 2 aliphatic carbocycles. The molecular formula is C32H33N3O10S. The molecule has 6 atom stereocenters. The molecule has 1 amide bonds. The van der Waals surface area contributed by atoms with Gasteiger partial charge in [0.05, 0.1) is 52.7 Å². The minimum absolute atomic E-state index is 0.0171. The molecule has 0 bridgehead atoms. The fraction of sp³-hybridized carbons (Fsp3) is 0.375. The molecule has 46 heavy (non-hydrogen) atoms. The molecule has 0 radical (unpaired) electrons. The maximum absolute atomic E-state index is 13.9. The number of fused-ring (bicyclic) bond motifs is 3. The Kier molecular flexibility index (Phi) is 8.21. The fourth-order valence-corrected chi connectivity index (χ4v) is 6.98. The summed E-state index contributed by atoms with van der Waals surface area (Å²) < 4.78 is 17.4. The number of nitrogens with one attached hydrogen (secondary N) is 1. The molecule has 14 heteroatoms. The van der Waals surface area contributed by atoms with Gasteiger partial charge in [0.25, 0.3) is 5.91 Å². The molecule has 1 fully saturated rings. The lowest BCUT2D eigenvalue weighted by atomic mass is 9.72. The molecule has 1 saturated heterocycles. The predicted octanol–water partition coefficient (Wildman–Crippen LogP) is 2.31. The molecule has 3 aromatic rings. The monoisotopic (exact) mass is 651 g/mol. The number of phenols is 2. The molecule has 0 saturated carbocycles. The van der Waals surface area contributed by atoms with Crippen LogP contribution in [0.1, 0.15) is 85.4 Å². The number of nitrogens with zero attached hydrogens (tertiary/aromatic N) is 1. The third-order valence-electron chi connectivity index (χ3n) is 8.89. The topological polar surface area (TPSA) is 210 Å². The highest BCUT2D eigenvalue weighted by Crippen LogP contribution is 2.52. The number of carbonyl (C=O) groups excluding carboxylic acids is 3. The molecule has 13 nitrogen and oxygen atoms in total. The van der Waals surface area contributed by atoms with Crippen LogP contribution in [0.25, 0.3) is 0 Å². The second-order valence-electron chi connectivity index (χ2n) is 11.7. The van der Waals surface area contributed by atoms with Crippen molar-refractivity contribution >= 4 is 34.5 Å². The number of hydrogen-bond donors (Lipinski definition) is 6. The highest BCUT2D eigenvalue weighted by Gasteiger charge is 2.49. The summed E-state index contributed by atoms with van der Waals surface area (Å²) in [6.45, 7) is 3.10. The average Bonchev–Trinajstić information content (AvgIpc) is 3.57. The first-order chi connectivity index (χ1) is 21.9. The molecular weight excluding hydrogens is 618 g/mol. The SMILES string of the molecule is COc1cccc2c1C(=O)c1c(O)c3c(c(O)c1C2=O)C[C@@](O)(/C(C)=N/NC(=O)c1cccs1)C[C@@H]3OC1CC(N)C(O)C(C)O1. The van der Waals surface area contributed by atoms with Crippen LogP contribution in [0.3, 0.4) is 0 Å². The summed E-state index contributed by atoms with van der Waals surface area (Å²) >= 11 is 1.21. The van der Waals surface area contributed by atoms with Gasteiger partial charge in [-0.15, -0.1) is 11.3 Å². The third-order valence-corrected chi connectivity index (χ3v) is 9.75. The second-order valence-corrected chi connectivity index (χ2v) is 12.6. The largest absolute Gasteiger partial charge is 0.507 e. The summed E-state index contributed by atoms with van der Waals surface area (Å²) in [5, 5.41) is 51.6. The lowest BCUT2D eigenvalue weighted by molar-refractivity contribution is -0.245. The van der Waals surface area contributed by atoms with E-state index in [9.17, 15) is 34.8 Å². The van der Waals surface area contributed by atoms with E-state index in [4.69, 9.17) is 19.9 Å². The highest BCUT2D eigenvalue weighted by molar-refractivity contribution is 7.12. The zero-order valence-electron chi connectivity index (χ0n) is 25.1. The summed E-state index contributed by atoms with van der Waals surface area (Å²) in [5.74, 6) is -3.04. The van der Waals surface area contributed by atoms with E-state index in [0.717, 1.165) is 0 Å². The normalized spacial score (nSPS) is 27.4. The van der Waals surface area contributed by atoms with Gasteiger partial charge in [-0.1, -0.05) is 18.2 Å². The lowest BCUT2D eigenvalue weighted by Crippen LogP contribution is -2.52. The number of aliphatic hydroxyl groups excluding tert-OH is 1. The number of hydrazone groups is 1. The van der Waals surface area contributed by atoms with Gasteiger partial charge >= 0.3 is 0 Å². The third kappa shape index (κ3) is 5.16. The Hall–Kier alpha value is -4.18.